The van der Waals surface area contributed by atoms with Gasteiger partial charge in [-0.3, -0.25) is 4.79 Å². The number of rotatable bonds is 6. The molecular weight excluding hydrogens is 384 g/mol. The van der Waals surface area contributed by atoms with E-state index in [4.69, 9.17) is 11.6 Å². The van der Waals surface area contributed by atoms with Crippen molar-refractivity contribution in [3.05, 3.63) is 59.1 Å². The first-order valence-electron chi connectivity index (χ1n) is 9.10. The molecule has 0 unspecified atom stereocenters. The molecule has 1 amide bonds. The monoisotopic (exact) mass is 406 g/mol. The number of halogens is 1. The highest BCUT2D eigenvalue weighted by atomic mass is 35.5. The van der Waals surface area contributed by atoms with Crippen LogP contribution in [-0.4, -0.2) is 31.7 Å². The minimum Gasteiger partial charge on any atom is -0.326 e. The highest BCUT2D eigenvalue weighted by Crippen LogP contribution is 2.21. The lowest BCUT2D eigenvalue weighted by Gasteiger charge is -2.25. The summed E-state index contributed by atoms with van der Waals surface area (Å²) in [7, 11) is -3.41. The Bertz CT molecular complexity index is 874. The van der Waals surface area contributed by atoms with Gasteiger partial charge in [-0.25, -0.2) is 8.42 Å². The average molecular weight is 407 g/mol. The molecule has 1 aliphatic rings. The van der Waals surface area contributed by atoms with Crippen LogP contribution in [0.5, 0.6) is 0 Å². The van der Waals surface area contributed by atoms with E-state index < -0.39 is 10.0 Å². The van der Waals surface area contributed by atoms with Crippen LogP contribution >= 0.6 is 11.6 Å². The smallest absolute Gasteiger partial charge is 0.243 e. The van der Waals surface area contributed by atoms with E-state index in [1.807, 2.05) is 0 Å². The van der Waals surface area contributed by atoms with Crippen molar-refractivity contribution in [2.24, 2.45) is 0 Å². The van der Waals surface area contributed by atoms with Crippen molar-refractivity contribution < 1.29 is 13.2 Å². The van der Waals surface area contributed by atoms with Crippen molar-refractivity contribution in [1.29, 1.82) is 0 Å². The second-order valence-electron chi connectivity index (χ2n) is 6.66. The first-order valence-corrected chi connectivity index (χ1v) is 10.9. The molecule has 1 saturated heterocycles. The summed E-state index contributed by atoms with van der Waals surface area (Å²) < 4.78 is 26.8. The minimum atomic E-state index is -3.41. The first kappa shape index (κ1) is 19.9. The molecule has 1 aliphatic heterocycles. The minimum absolute atomic E-state index is 0.0951. The van der Waals surface area contributed by atoms with Crippen molar-refractivity contribution in [2.45, 2.75) is 37.0 Å². The zero-order valence-electron chi connectivity index (χ0n) is 15.0. The van der Waals surface area contributed by atoms with Gasteiger partial charge in [-0.15, -0.1) is 0 Å². The maximum Gasteiger partial charge on any atom is 0.243 e. The molecule has 0 saturated carbocycles. The predicted octanol–water partition coefficient (Wildman–Crippen LogP) is 4.09. The Balaban J connectivity index is 1.55. The number of anilines is 1. The van der Waals surface area contributed by atoms with Crippen LogP contribution < -0.4 is 5.32 Å². The van der Waals surface area contributed by atoms with Crippen molar-refractivity contribution >= 4 is 33.2 Å². The summed E-state index contributed by atoms with van der Waals surface area (Å²) in [5, 5.41) is 3.44. The SMILES string of the molecule is O=C(CCc1ccc(S(=O)(=O)N2CCCCC2)cc1)Nc1ccc(Cl)cc1. The number of hydrogen-bond donors (Lipinski definition) is 1. The number of hydrogen-bond acceptors (Lipinski definition) is 3. The van der Waals surface area contributed by atoms with Crippen LogP contribution in [0.4, 0.5) is 5.69 Å². The molecule has 27 heavy (non-hydrogen) atoms. The Morgan fingerprint density at radius 1 is 0.963 bits per heavy atom. The number of piperidine rings is 1. The third kappa shape index (κ3) is 5.31. The molecule has 7 heteroatoms. The van der Waals surface area contributed by atoms with Gasteiger partial charge >= 0.3 is 0 Å². The number of sulfonamides is 1. The van der Waals surface area contributed by atoms with E-state index in [0.717, 1.165) is 24.8 Å². The lowest BCUT2D eigenvalue weighted by molar-refractivity contribution is -0.116. The lowest BCUT2D eigenvalue weighted by Crippen LogP contribution is -2.35. The molecule has 2 aromatic rings. The number of aryl methyl sites for hydroxylation is 1. The summed E-state index contributed by atoms with van der Waals surface area (Å²) in [6.45, 7) is 1.18. The van der Waals surface area contributed by atoms with Crippen molar-refractivity contribution in [2.75, 3.05) is 18.4 Å². The molecule has 3 rings (SSSR count). The molecule has 0 radical (unpaired) electrons. The quantitative estimate of drug-likeness (QED) is 0.785. The zero-order chi connectivity index (χ0) is 19.3. The fraction of sp³-hybridized carbons (Fsp3) is 0.350. The van der Waals surface area contributed by atoms with Crippen LogP contribution in [0.3, 0.4) is 0 Å². The van der Waals surface area contributed by atoms with Gasteiger partial charge in [-0.05, 0) is 61.2 Å². The van der Waals surface area contributed by atoms with Gasteiger partial charge in [0, 0.05) is 30.2 Å². The number of nitrogens with one attached hydrogen (secondary N) is 1. The first-order chi connectivity index (χ1) is 12.9. The number of carbonyl (C=O) groups is 1. The van der Waals surface area contributed by atoms with Gasteiger partial charge in [-0.1, -0.05) is 30.2 Å². The fourth-order valence-corrected chi connectivity index (χ4v) is 4.74. The van der Waals surface area contributed by atoms with Crippen molar-refractivity contribution in [1.82, 2.24) is 4.31 Å². The van der Waals surface area contributed by atoms with Crippen LogP contribution in [0.15, 0.2) is 53.4 Å². The molecule has 1 heterocycles. The van der Waals surface area contributed by atoms with Crippen LogP contribution in [0, 0.1) is 0 Å². The van der Waals surface area contributed by atoms with Gasteiger partial charge in [-0.2, -0.15) is 4.31 Å². The topological polar surface area (TPSA) is 66.5 Å². The maximum absolute atomic E-state index is 12.6. The van der Waals surface area contributed by atoms with E-state index in [-0.39, 0.29) is 5.91 Å². The molecule has 0 aliphatic carbocycles. The molecule has 1 N–H and O–H groups in total. The highest BCUT2D eigenvalue weighted by molar-refractivity contribution is 7.89. The molecule has 144 valence electrons. The molecule has 0 bridgehead atoms. The van der Waals surface area contributed by atoms with Gasteiger partial charge in [0.25, 0.3) is 0 Å². The molecule has 5 nitrogen and oxygen atoms in total. The summed E-state index contributed by atoms with van der Waals surface area (Å²) in [5.74, 6) is -0.0951. The number of amides is 1. The summed E-state index contributed by atoms with van der Waals surface area (Å²) >= 11 is 5.83. The fourth-order valence-electron chi connectivity index (χ4n) is 3.10. The molecule has 0 atom stereocenters. The van der Waals surface area contributed by atoms with Crippen LogP contribution in [0.25, 0.3) is 0 Å². The van der Waals surface area contributed by atoms with Gasteiger partial charge < -0.3 is 5.32 Å². The molecule has 2 aromatic carbocycles. The Labute approximate surface area is 165 Å². The highest BCUT2D eigenvalue weighted by Gasteiger charge is 2.25. The van der Waals surface area contributed by atoms with Gasteiger partial charge in [0.05, 0.1) is 4.90 Å². The van der Waals surface area contributed by atoms with Gasteiger partial charge in [0.1, 0.15) is 0 Å². The van der Waals surface area contributed by atoms with Crippen molar-refractivity contribution in [3.8, 4) is 0 Å². The zero-order valence-corrected chi connectivity index (χ0v) is 16.6. The predicted molar refractivity (Wildman–Crippen MR) is 107 cm³/mol. The normalized spacial score (nSPS) is 15.4. The van der Waals surface area contributed by atoms with E-state index in [9.17, 15) is 13.2 Å². The molecular formula is C20H23ClN2O3S. The third-order valence-corrected chi connectivity index (χ3v) is 6.81. The van der Waals surface area contributed by atoms with E-state index >= 15 is 0 Å². The second kappa shape index (κ2) is 8.87. The van der Waals surface area contributed by atoms with Gasteiger partial charge in [0.15, 0.2) is 0 Å². The summed E-state index contributed by atoms with van der Waals surface area (Å²) in [5.41, 5.74) is 1.63. The average Bonchev–Trinajstić information content (AvgIpc) is 2.69. The summed E-state index contributed by atoms with van der Waals surface area (Å²) in [4.78, 5) is 12.4. The molecule has 0 spiro atoms. The van der Waals surface area contributed by atoms with Crippen LogP contribution in [0.1, 0.15) is 31.2 Å². The Kier molecular flexibility index (Phi) is 6.52. The Hall–Kier alpha value is -1.89. The molecule has 1 fully saturated rings. The standard InChI is InChI=1S/C20H23ClN2O3S/c21-17-7-9-18(10-8-17)22-20(24)13-6-16-4-11-19(12-5-16)27(25,26)23-14-2-1-3-15-23/h4-5,7-12H,1-3,6,13-15H2,(H,22,24). The lowest BCUT2D eigenvalue weighted by atomic mass is 10.1. The summed E-state index contributed by atoms with van der Waals surface area (Å²) in [6, 6.07) is 13.8. The Morgan fingerprint density at radius 3 is 2.22 bits per heavy atom. The van der Waals surface area contributed by atoms with Crippen LogP contribution in [0.2, 0.25) is 5.02 Å². The van der Waals surface area contributed by atoms with Crippen LogP contribution in [-0.2, 0) is 21.2 Å². The third-order valence-electron chi connectivity index (χ3n) is 4.64. The molecule has 0 aromatic heterocycles. The number of carbonyl (C=O) groups excluding carboxylic acids is 1. The maximum atomic E-state index is 12.6. The van der Waals surface area contributed by atoms with E-state index in [1.54, 1.807) is 52.8 Å². The largest absolute Gasteiger partial charge is 0.326 e. The number of benzene rings is 2. The van der Waals surface area contributed by atoms with E-state index in [0.29, 0.717) is 41.5 Å². The summed E-state index contributed by atoms with van der Waals surface area (Å²) in [6.07, 6.45) is 3.79. The van der Waals surface area contributed by atoms with Crippen molar-refractivity contribution in [3.63, 3.8) is 0 Å². The Morgan fingerprint density at radius 2 is 1.59 bits per heavy atom. The van der Waals surface area contributed by atoms with E-state index in [2.05, 4.69) is 5.32 Å². The number of nitrogens with zero attached hydrogens (tertiary/aromatic N) is 1. The van der Waals surface area contributed by atoms with E-state index in [1.165, 1.54) is 0 Å². The second-order valence-corrected chi connectivity index (χ2v) is 9.04. The van der Waals surface area contributed by atoms with Gasteiger partial charge in [0.2, 0.25) is 15.9 Å².